The Labute approximate surface area is 137 Å². The SMILES string of the molecule is CC[C@H](C)c1ccccc1NC(=O)COc1ccc(OC)cc1. The summed E-state index contributed by atoms with van der Waals surface area (Å²) >= 11 is 0. The topological polar surface area (TPSA) is 47.6 Å². The highest BCUT2D eigenvalue weighted by Gasteiger charge is 2.11. The molecule has 2 aromatic rings. The fourth-order valence-electron chi connectivity index (χ4n) is 2.27. The maximum atomic E-state index is 12.1. The smallest absolute Gasteiger partial charge is 0.262 e. The molecule has 0 saturated carbocycles. The molecule has 0 aliphatic rings. The van der Waals surface area contributed by atoms with Crippen molar-refractivity contribution >= 4 is 11.6 Å². The van der Waals surface area contributed by atoms with Crippen LogP contribution in [0.15, 0.2) is 48.5 Å². The molecule has 0 radical (unpaired) electrons. The van der Waals surface area contributed by atoms with Gasteiger partial charge in [-0.25, -0.2) is 0 Å². The van der Waals surface area contributed by atoms with E-state index in [2.05, 4.69) is 19.2 Å². The molecule has 0 heterocycles. The van der Waals surface area contributed by atoms with E-state index in [1.165, 1.54) is 0 Å². The number of rotatable bonds is 7. The van der Waals surface area contributed by atoms with Crippen LogP contribution in [0.3, 0.4) is 0 Å². The molecular formula is C19H23NO3. The predicted molar refractivity (Wildman–Crippen MR) is 92.3 cm³/mol. The van der Waals surface area contributed by atoms with Gasteiger partial charge in [0.15, 0.2) is 6.61 Å². The Morgan fingerprint density at radius 1 is 1.09 bits per heavy atom. The van der Waals surface area contributed by atoms with Crippen molar-refractivity contribution in [1.82, 2.24) is 0 Å². The van der Waals surface area contributed by atoms with E-state index >= 15 is 0 Å². The lowest BCUT2D eigenvalue weighted by atomic mass is 9.97. The van der Waals surface area contributed by atoms with Crippen LogP contribution < -0.4 is 14.8 Å². The summed E-state index contributed by atoms with van der Waals surface area (Å²) in [4.78, 5) is 12.1. The summed E-state index contributed by atoms with van der Waals surface area (Å²) in [6.07, 6.45) is 1.02. The average molecular weight is 313 g/mol. The third-order valence-electron chi connectivity index (χ3n) is 3.81. The van der Waals surface area contributed by atoms with Crippen molar-refractivity contribution in [3.63, 3.8) is 0 Å². The second kappa shape index (κ2) is 8.22. The Morgan fingerprint density at radius 2 is 1.74 bits per heavy atom. The van der Waals surface area contributed by atoms with Gasteiger partial charge < -0.3 is 14.8 Å². The fraction of sp³-hybridized carbons (Fsp3) is 0.316. The van der Waals surface area contributed by atoms with Gasteiger partial charge in [-0.1, -0.05) is 32.0 Å². The van der Waals surface area contributed by atoms with E-state index in [-0.39, 0.29) is 12.5 Å². The number of carbonyl (C=O) groups is 1. The molecule has 0 unspecified atom stereocenters. The molecule has 1 atom stereocenters. The van der Waals surface area contributed by atoms with Crippen LogP contribution in [0.5, 0.6) is 11.5 Å². The number of ether oxygens (including phenoxy) is 2. The van der Waals surface area contributed by atoms with Crippen molar-refractivity contribution in [3.05, 3.63) is 54.1 Å². The first kappa shape index (κ1) is 16.9. The largest absolute Gasteiger partial charge is 0.497 e. The van der Waals surface area contributed by atoms with Gasteiger partial charge in [0, 0.05) is 5.69 Å². The molecule has 1 N–H and O–H groups in total. The van der Waals surface area contributed by atoms with Crippen molar-refractivity contribution in [2.75, 3.05) is 19.0 Å². The molecule has 0 saturated heterocycles. The Hall–Kier alpha value is -2.49. The molecule has 0 aromatic heterocycles. The first-order chi connectivity index (χ1) is 11.1. The third kappa shape index (κ3) is 4.74. The van der Waals surface area contributed by atoms with Crippen molar-refractivity contribution in [3.8, 4) is 11.5 Å². The molecule has 23 heavy (non-hydrogen) atoms. The first-order valence-corrected chi connectivity index (χ1v) is 7.79. The van der Waals surface area contributed by atoms with Gasteiger partial charge in [0.05, 0.1) is 7.11 Å². The molecule has 0 fully saturated rings. The summed E-state index contributed by atoms with van der Waals surface area (Å²) < 4.78 is 10.6. The number of benzene rings is 2. The monoisotopic (exact) mass is 313 g/mol. The summed E-state index contributed by atoms with van der Waals surface area (Å²) in [7, 11) is 1.61. The molecule has 1 amide bonds. The van der Waals surface area contributed by atoms with E-state index in [0.29, 0.717) is 11.7 Å². The zero-order chi connectivity index (χ0) is 16.7. The second-order valence-corrected chi connectivity index (χ2v) is 5.41. The second-order valence-electron chi connectivity index (χ2n) is 5.41. The number of methoxy groups -OCH3 is 1. The van der Waals surface area contributed by atoms with Crippen LogP contribution in [0.25, 0.3) is 0 Å². The van der Waals surface area contributed by atoms with Crippen molar-refractivity contribution in [2.45, 2.75) is 26.2 Å². The van der Waals surface area contributed by atoms with Crippen LogP contribution >= 0.6 is 0 Å². The number of hydrogen-bond donors (Lipinski definition) is 1. The molecule has 2 aromatic carbocycles. The summed E-state index contributed by atoms with van der Waals surface area (Å²) in [6.45, 7) is 4.26. The average Bonchev–Trinajstić information content (AvgIpc) is 2.60. The van der Waals surface area contributed by atoms with Gasteiger partial charge in [-0.3, -0.25) is 4.79 Å². The van der Waals surface area contributed by atoms with Crippen molar-refractivity contribution in [2.24, 2.45) is 0 Å². The normalized spacial score (nSPS) is 11.6. The Balaban J connectivity index is 1.94. The minimum atomic E-state index is -0.170. The molecule has 0 aliphatic heterocycles. The quantitative estimate of drug-likeness (QED) is 0.832. The summed E-state index contributed by atoms with van der Waals surface area (Å²) in [5, 5.41) is 2.93. The van der Waals surface area contributed by atoms with Gasteiger partial charge in [0.1, 0.15) is 11.5 Å². The number of carbonyl (C=O) groups excluding carboxylic acids is 1. The zero-order valence-electron chi connectivity index (χ0n) is 13.8. The number of hydrogen-bond acceptors (Lipinski definition) is 3. The molecule has 4 nitrogen and oxygen atoms in total. The van der Waals surface area contributed by atoms with Gasteiger partial charge in [0.25, 0.3) is 5.91 Å². The Morgan fingerprint density at radius 3 is 2.39 bits per heavy atom. The van der Waals surface area contributed by atoms with E-state index in [1.807, 2.05) is 24.3 Å². The van der Waals surface area contributed by atoms with E-state index < -0.39 is 0 Å². The number of nitrogens with one attached hydrogen (secondary N) is 1. The lowest BCUT2D eigenvalue weighted by molar-refractivity contribution is -0.118. The number of amides is 1. The molecule has 0 aliphatic carbocycles. The summed E-state index contributed by atoms with van der Waals surface area (Å²) in [5.41, 5.74) is 2.00. The number of para-hydroxylation sites is 1. The van der Waals surface area contributed by atoms with Crippen LogP contribution in [0, 0.1) is 0 Å². The highest BCUT2D eigenvalue weighted by atomic mass is 16.5. The zero-order valence-corrected chi connectivity index (χ0v) is 13.8. The van der Waals surface area contributed by atoms with Crippen molar-refractivity contribution in [1.29, 1.82) is 0 Å². The molecule has 0 spiro atoms. The van der Waals surface area contributed by atoms with Gasteiger partial charge in [-0.2, -0.15) is 0 Å². The van der Waals surface area contributed by atoms with Gasteiger partial charge in [0.2, 0.25) is 0 Å². The Bertz CT molecular complexity index is 637. The minimum absolute atomic E-state index is 0.0266. The maximum Gasteiger partial charge on any atom is 0.262 e. The van der Waals surface area contributed by atoms with Gasteiger partial charge >= 0.3 is 0 Å². The van der Waals surface area contributed by atoms with Gasteiger partial charge in [-0.15, -0.1) is 0 Å². The fourth-order valence-corrected chi connectivity index (χ4v) is 2.27. The summed E-state index contributed by atoms with van der Waals surface area (Å²) in [6, 6.07) is 15.0. The van der Waals surface area contributed by atoms with Gasteiger partial charge in [-0.05, 0) is 48.2 Å². The highest BCUT2D eigenvalue weighted by Crippen LogP contribution is 2.26. The van der Waals surface area contributed by atoms with E-state index in [9.17, 15) is 4.79 Å². The third-order valence-corrected chi connectivity index (χ3v) is 3.81. The van der Waals surface area contributed by atoms with E-state index in [1.54, 1.807) is 31.4 Å². The van der Waals surface area contributed by atoms with Crippen LogP contribution in [0.4, 0.5) is 5.69 Å². The maximum absolute atomic E-state index is 12.1. The standard InChI is InChI=1S/C19H23NO3/c1-4-14(2)17-7-5-6-8-18(17)20-19(21)13-23-16-11-9-15(22-3)10-12-16/h5-12,14H,4,13H2,1-3H3,(H,20,21)/t14-/m0/s1. The predicted octanol–water partition coefficient (Wildman–Crippen LogP) is 4.23. The molecule has 4 heteroatoms. The molecular weight excluding hydrogens is 290 g/mol. The molecule has 122 valence electrons. The minimum Gasteiger partial charge on any atom is -0.497 e. The summed E-state index contributed by atoms with van der Waals surface area (Å²) in [5.74, 6) is 1.62. The lowest BCUT2D eigenvalue weighted by Crippen LogP contribution is -2.21. The van der Waals surface area contributed by atoms with Crippen LogP contribution in [-0.4, -0.2) is 19.6 Å². The highest BCUT2D eigenvalue weighted by molar-refractivity contribution is 5.92. The van der Waals surface area contributed by atoms with Crippen LogP contribution in [0.2, 0.25) is 0 Å². The molecule has 0 bridgehead atoms. The molecule has 2 rings (SSSR count). The first-order valence-electron chi connectivity index (χ1n) is 7.79. The lowest BCUT2D eigenvalue weighted by Gasteiger charge is -2.15. The van der Waals surface area contributed by atoms with E-state index in [4.69, 9.17) is 9.47 Å². The van der Waals surface area contributed by atoms with Crippen LogP contribution in [-0.2, 0) is 4.79 Å². The Kier molecular flexibility index (Phi) is 6.03. The van der Waals surface area contributed by atoms with Crippen LogP contribution in [0.1, 0.15) is 31.7 Å². The number of anilines is 1. The van der Waals surface area contributed by atoms with E-state index in [0.717, 1.165) is 23.4 Å². The van der Waals surface area contributed by atoms with Crippen molar-refractivity contribution < 1.29 is 14.3 Å².